The second kappa shape index (κ2) is 8.87. The third-order valence-electron chi connectivity index (χ3n) is 2.24. The van der Waals surface area contributed by atoms with Crippen molar-refractivity contribution in [2.45, 2.75) is 40.2 Å². The zero-order valence-corrected chi connectivity index (χ0v) is 12.1. The fourth-order valence-corrected chi connectivity index (χ4v) is 1.08. The molecule has 0 saturated heterocycles. The Labute approximate surface area is 114 Å². The number of aliphatic hydroxyl groups is 1. The van der Waals surface area contributed by atoms with Crippen LogP contribution in [0.2, 0.25) is 0 Å². The number of rotatable bonds is 8. The Balaban J connectivity index is 3.61. The molecule has 0 spiro atoms. The predicted molar refractivity (Wildman–Crippen MR) is 68.5 cm³/mol. The summed E-state index contributed by atoms with van der Waals surface area (Å²) >= 11 is 0. The molecule has 6 nitrogen and oxygen atoms in total. The van der Waals surface area contributed by atoms with Crippen molar-refractivity contribution >= 4 is 11.9 Å². The van der Waals surface area contributed by atoms with Crippen molar-refractivity contribution in [3.8, 4) is 0 Å². The fourth-order valence-electron chi connectivity index (χ4n) is 1.08. The van der Waals surface area contributed by atoms with E-state index in [1.165, 1.54) is 6.92 Å². The van der Waals surface area contributed by atoms with Crippen LogP contribution in [0.15, 0.2) is 0 Å². The minimum atomic E-state index is -1.02. The summed E-state index contributed by atoms with van der Waals surface area (Å²) in [5.41, 5.74) is 0.212. The van der Waals surface area contributed by atoms with Crippen LogP contribution >= 0.6 is 0 Å². The van der Waals surface area contributed by atoms with Crippen LogP contribution in [0.1, 0.15) is 34.1 Å². The highest BCUT2D eigenvalue weighted by molar-refractivity contribution is 5.79. The second-order valence-electron chi connectivity index (χ2n) is 5.38. The van der Waals surface area contributed by atoms with Gasteiger partial charge in [-0.25, -0.2) is 9.59 Å². The zero-order chi connectivity index (χ0) is 14.9. The van der Waals surface area contributed by atoms with Crippen molar-refractivity contribution in [2.75, 3.05) is 26.4 Å². The Morgan fingerprint density at radius 3 is 2.32 bits per heavy atom. The normalized spacial score (nSPS) is 12.9. The molecule has 0 aliphatic carbocycles. The highest BCUT2D eigenvalue weighted by Gasteiger charge is 2.18. The molecule has 0 heterocycles. The van der Waals surface area contributed by atoms with Crippen molar-refractivity contribution < 1.29 is 28.9 Å². The first-order valence-electron chi connectivity index (χ1n) is 6.31. The summed E-state index contributed by atoms with van der Waals surface area (Å²) in [6.07, 6.45) is -0.0972. The minimum absolute atomic E-state index is 0.115. The predicted octanol–water partition coefficient (Wildman–Crippen LogP) is 0.906. The lowest BCUT2D eigenvalue weighted by Crippen LogP contribution is -2.28. The van der Waals surface area contributed by atoms with E-state index in [2.05, 4.69) is 25.5 Å². The molecule has 0 aliphatic heterocycles. The zero-order valence-electron chi connectivity index (χ0n) is 12.1. The van der Waals surface area contributed by atoms with Gasteiger partial charge in [0.05, 0.1) is 6.61 Å². The molecule has 0 aromatic heterocycles. The lowest BCUT2D eigenvalue weighted by molar-refractivity contribution is -0.169. The summed E-state index contributed by atoms with van der Waals surface area (Å²) in [6, 6.07) is 0. The summed E-state index contributed by atoms with van der Waals surface area (Å²) in [5.74, 6) is -1.51. The van der Waals surface area contributed by atoms with Gasteiger partial charge in [-0.15, -0.1) is 0 Å². The number of carbonyl (C=O) groups excluding carboxylic acids is 2. The molecule has 1 atom stereocenters. The van der Waals surface area contributed by atoms with E-state index in [9.17, 15) is 9.59 Å². The van der Waals surface area contributed by atoms with Crippen LogP contribution in [0.3, 0.4) is 0 Å². The second-order valence-corrected chi connectivity index (χ2v) is 5.38. The molecule has 0 aliphatic rings. The van der Waals surface area contributed by atoms with Gasteiger partial charge < -0.3 is 19.3 Å². The van der Waals surface area contributed by atoms with Crippen molar-refractivity contribution in [2.24, 2.45) is 5.41 Å². The SMILES string of the molecule is CC(OC(=O)CO)C(=O)OCCOCCC(C)(C)C. The quantitative estimate of drug-likeness (QED) is 0.524. The van der Waals surface area contributed by atoms with Crippen LogP contribution in [-0.4, -0.2) is 49.6 Å². The fraction of sp³-hybridized carbons (Fsp3) is 0.846. The first kappa shape index (κ1) is 17.9. The van der Waals surface area contributed by atoms with Gasteiger partial charge in [0.2, 0.25) is 0 Å². The monoisotopic (exact) mass is 276 g/mol. The molecule has 0 bridgehead atoms. The molecule has 0 saturated carbocycles. The Kier molecular flexibility index (Phi) is 8.34. The molecule has 0 aromatic rings. The molecule has 0 amide bonds. The van der Waals surface area contributed by atoms with Crippen molar-refractivity contribution in [3.05, 3.63) is 0 Å². The highest BCUT2D eigenvalue weighted by Crippen LogP contribution is 2.17. The van der Waals surface area contributed by atoms with E-state index in [1.807, 2.05) is 0 Å². The molecular weight excluding hydrogens is 252 g/mol. The Bertz CT molecular complexity index is 281. The van der Waals surface area contributed by atoms with Crippen molar-refractivity contribution in [1.82, 2.24) is 0 Å². The average molecular weight is 276 g/mol. The number of hydrogen-bond acceptors (Lipinski definition) is 6. The number of ether oxygens (including phenoxy) is 3. The van der Waals surface area contributed by atoms with E-state index in [0.717, 1.165) is 6.42 Å². The highest BCUT2D eigenvalue weighted by atomic mass is 16.6. The van der Waals surface area contributed by atoms with Crippen molar-refractivity contribution in [3.63, 3.8) is 0 Å². The van der Waals surface area contributed by atoms with Crippen LogP contribution < -0.4 is 0 Å². The summed E-state index contributed by atoms with van der Waals surface area (Å²) in [5, 5.41) is 8.46. The lowest BCUT2D eigenvalue weighted by atomic mass is 9.93. The maximum Gasteiger partial charge on any atom is 0.347 e. The van der Waals surface area contributed by atoms with E-state index in [0.29, 0.717) is 13.2 Å². The Morgan fingerprint density at radius 1 is 1.16 bits per heavy atom. The maximum absolute atomic E-state index is 11.3. The van der Waals surface area contributed by atoms with Gasteiger partial charge >= 0.3 is 11.9 Å². The number of esters is 2. The molecule has 6 heteroatoms. The molecular formula is C13H24O6. The Hall–Kier alpha value is -1.14. The summed E-state index contributed by atoms with van der Waals surface area (Å²) in [4.78, 5) is 22.1. The largest absolute Gasteiger partial charge is 0.461 e. The Morgan fingerprint density at radius 2 is 1.79 bits per heavy atom. The van der Waals surface area contributed by atoms with Gasteiger partial charge in [-0.1, -0.05) is 20.8 Å². The molecule has 1 unspecified atom stereocenters. The van der Waals surface area contributed by atoms with E-state index < -0.39 is 24.6 Å². The molecule has 0 fully saturated rings. The molecule has 0 aromatic carbocycles. The number of hydrogen-bond donors (Lipinski definition) is 1. The van der Waals surface area contributed by atoms with Crippen LogP contribution in [0.5, 0.6) is 0 Å². The standard InChI is InChI=1S/C13H24O6/c1-10(19-11(15)9-14)12(16)18-8-7-17-6-5-13(2,3)4/h10,14H,5-9H2,1-4H3. The van der Waals surface area contributed by atoms with E-state index >= 15 is 0 Å². The van der Waals surface area contributed by atoms with E-state index in [4.69, 9.17) is 14.6 Å². The van der Waals surface area contributed by atoms with Gasteiger partial charge in [-0.2, -0.15) is 0 Å². The van der Waals surface area contributed by atoms with E-state index in [-0.39, 0.29) is 12.0 Å². The molecule has 0 rings (SSSR count). The topological polar surface area (TPSA) is 82.1 Å². The molecule has 19 heavy (non-hydrogen) atoms. The lowest BCUT2D eigenvalue weighted by Gasteiger charge is -2.17. The van der Waals surface area contributed by atoms with Crippen LogP contribution in [0, 0.1) is 5.41 Å². The molecule has 0 radical (unpaired) electrons. The molecule has 112 valence electrons. The van der Waals surface area contributed by atoms with Crippen LogP contribution in [-0.2, 0) is 23.8 Å². The molecule has 1 N–H and O–H groups in total. The third kappa shape index (κ3) is 10.5. The van der Waals surface area contributed by atoms with Gasteiger partial charge in [-0.3, -0.25) is 0 Å². The van der Waals surface area contributed by atoms with Crippen LogP contribution in [0.25, 0.3) is 0 Å². The summed E-state index contributed by atoms with van der Waals surface area (Å²) in [6.45, 7) is 8.02. The first-order valence-corrected chi connectivity index (χ1v) is 6.31. The van der Waals surface area contributed by atoms with Crippen LogP contribution in [0.4, 0.5) is 0 Å². The minimum Gasteiger partial charge on any atom is -0.461 e. The third-order valence-corrected chi connectivity index (χ3v) is 2.24. The maximum atomic E-state index is 11.3. The van der Waals surface area contributed by atoms with Gasteiger partial charge in [0.15, 0.2) is 6.10 Å². The average Bonchev–Trinajstić information content (AvgIpc) is 2.31. The number of carbonyl (C=O) groups is 2. The van der Waals surface area contributed by atoms with E-state index in [1.54, 1.807) is 0 Å². The van der Waals surface area contributed by atoms with Crippen molar-refractivity contribution in [1.29, 1.82) is 0 Å². The number of aliphatic hydroxyl groups excluding tert-OH is 1. The first-order chi connectivity index (χ1) is 8.76. The van der Waals surface area contributed by atoms with Gasteiger partial charge in [-0.05, 0) is 18.8 Å². The smallest absolute Gasteiger partial charge is 0.347 e. The van der Waals surface area contributed by atoms with Gasteiger partial charge in [0, 0.05) is 6.61 Å². The summed E-state index contributed by atoms with van der Waals surface area (Å²) in [7, 11) is 0. The summed E-state index contributed by atoms with van der Waals surface area (Å²) < 4.78 is 14.8. The van der Waals surface area contributed by atoms with Gasteiger partial charge in [0.1, 0.15) is 13.2 Å². The van der Waals surface area contributed by atoms with Gasteiger partial charge in [0.25, 0.3) is 0 Å².